The molecule has 1 aliphatic rings. The largest absolute Gasteiger partial charge is 0.452 e. The summed E-state index contributed by atoms with van der Waals surface area (Å²) in [4.78, 5) is 25.4. The summed E-state index contributed by atoms with van der Waals surface area (Å²) in [5.74, 6) is -1.35. The predicted octanol–water partition coefficient (Wildman–Crippen LogP) is 4.52. The molecule has 1 unspecified atom stereocenters. The zero-order valence-corrected chi connectivity index (χ0v) is 15.6. The van der Waals surface area contributed by atoms with E-state index in [2.05, 4.69) is 5.32 Å². The molecule has 1 aliphatic carbocycles. The molecule has 27 heavy (non-hydrogen) atoms. The smallest absolute Gasteiger partial charge is 0.317 e. The third-order valence-electron chi connectivity index (χ3n) is 5.18. The summed E-state index contributed by atoms with van der Waals surface area (Å²) in [5.41, 5.74) is 1.01. The molecule has 2 aromatic rings. The second-order valence-corrected chi connectivity index (χ2v) is 7.18. The molecular weight excluding hydrogens is 345 g/mol. The van der Waals surface area contributed by atoms with Gasteiger partial charge in [0.2, 0.25) is 0 Å². The van der Waals surface area contributed by atoms with Crippen LogP contribution in [0.25, 0.3) is 0 Å². The molecule has 0 heterocycles. The maximum absolute atomic E-state index is 14.4. The van der Waals surface area contributed by atoms with Crippen molar-refractivity contribution in [2.24, 2.45) is 0 Å². The van der Waals surface area contributed by atoms with E-state index in [1.165, 1.54) is 13.0 Å². The van der Waals surface area contributed by atoms with Crippen LogP contribution >= 0.6 is 0 Å². The number of nitrogens with one attached hydrogen (secondary N) is 1. The molecule has 3 rings (SSSR count). The van der Waals surface area contributed by atoms with Crippen LogP contribution in [0.2, 0.25) is 0 Å². The number of amides is 1. The molecule has 0 bridgehead atoms. The topological polar surface area (TPSA) is 55.4 Å². The quantitative estimate of drug-likeness (QED) is 0.789. The third-order valence-corrected chi connectivity index (χ3v) is 5.18. The lowest BCUT2D eigenvalue weighted by molar-refractivity contribution is -0.159. The van der Waals surface area contributed by atoms with Crippen LogP contribution < -0.4 is 5.32 Å². The van der Waals surface area contributed by atoms with Gasteiger partial charge in [0.15, 0.2) is 6.10 Å². The van der Waals surface area contributed by atoms with Crippen molar-refractivity contribution in [1.82, 2.24) is 0 Å². The van der Waals surface area contributed by atoms with Crippen molar-refractivity contribution in [2.75, 3.05) is 5.32 Å². The highest BCUT2D eigenvalue weighted by Gasteiger charge is 2.46. The highest BCUT2D eigenvalue weighted by atomic mass is 19.1. The average Bonchev–Trinajstić information content (AvgIpc) is 3.13. The Kier molecular flexibility index (Phi) is 5.59. The number of aryl methyl sites for hydroxylation is 1. The fraction of sp³-hybridized carbons (Fsp3) is 0.364. The van der Waals surface area contributed by atoms with E-state index in [9.17, 15) is 14.0 Å². The Hall–Kier alpha value is -2.69. The van der Waals surface area contributed by atoms with Crippen molar-refractivity contribution in [3.63, 3.8) is 0 Å². The Morgan fingerprint density at radius 2 is 1.81 bits per heavy atom. The second kappa shape index (κ2) is 7.91. The summed E-state index contributed by atoms with van der Waals surface area (Å²) >= 11 is 0. The van der Waals surface area contributed by atoms with Crippen LogP contribution in [-0.4, -0.2) is 18.0 Å². The molecule has 0 aliphatic heterocycles. The van der Waals surface area contributed by atoms with Crippen LogP contribution in [0.1, 0.15) is 43.7 Å². The van der Waals surface area contributed by atoms with E-state index < -0.39 is 29.2 Å². The summed E-state index contributed by atoms with van der Waals surface area (Å²) in [6.07, 6.45) is 1.74. The van der Waals surface area contributed by atoms with Gasteiger partial charge >= 0.3 is 5.97 Å². The van der Waals surface area contributed by atoms with Crippen LogP contribution in [0.4, 0.5) is 10.1 Å². The van der Waals surface area contributed by atoms with Crippen molar-refractivity contribution < 1.29 is 18.7 Å². The van der Waals surface area contributed by atoms with E-state index in [0.29, 0.717) is 24.1 Å². The Morgan fingerprint density at radius 3 is 2.48 bits per heavy atom. The molecule has 2 aromatic carbocycles. The monoisotopic (exact) mass is 369 g/mol. The number of rotatable bonds is 5. The maximum Gasteiger partial charge on any atom is 0.317 e. The van der Waals surface area contributed by atoms with Gasteiger partial charge in [0.05, 0.1) is 5.41 Å². The van der Waals surface area contributed by atoms with Gasteiger partial charge in [-0.2, -0.15) is 0 Å². The molecule has 1 saturated carbocycles. The van der Waals surface area contributed by atoms with Crippen molar-refractivity contribution >= 4 is 17.6 Å². The lowest BCUT2D eigenvalue weighted by atomic mass is 9.78. The Morgan fingerprint density at radius 1 is 1.11 bits per heavy atom. The van der Waals surface area contributed by atoms with E-state index in [-0.39, 0.29) is 0 Å². The molecule has 1 atom stereocenters. The Balaban J connectivity index is 1.74. The number of benzene rings is 2. The van der Waals surface area contributed by atoms with Gasteiger partial charge in [-0.15, -0.1) is 0 Å². The molecule has 0 radical (unpaired) electrons. The molecule has 4 nitrogen and oxygen atoms in total. The molecule has 1 fully saturated rings. The molecular formula is C22H24FNO3. The molecule has 142 valence electrons. The Labute approximate surface area is 158 Å². The molecule has 1 N–H and O–H groups in total. The van der Waals surface area contributed by atoms with Crippen molar-refractivity contribution in [1.29, 1.82) is 0 Å². The molecule has 1 amide bonds. The second-order valence-electron chi connectivity index (χ2n) is 7.18. The number of anilines is 1. The molecule has 0 aromatic heterocycles. The fourth-order valence-corrected chi connectivity index (χ4v) is 3.70. The first-order chi connectivity index (χ1) is 12.9. The van der Waals surface area contributed by atoms with Crippen LogP contribution in [-0.2, 0) is 19.7 Å². The number of hydrogen-bond acceptors (Lipinski definition) is 3. The minimum absolute atomic E-state index is 0.360. The SMILES string of the molecule is Cc1cccc(NC(=O)C(C)OC(=O)C2(c3ccccc3F)CCCC2)c1. The maximum atomic E-state index is 14.4. The summed E-state index contributed by atoms with van der Waals surface area (Å²) in [6.45, 7) is 3.46. The van der Waals surface area contributed by atoms with Gasteiger partial charge in [-0.3, -0.25) is 9.59 Å². The number of halogens is 1. The first-order valence-corrected chi connectivity index (χ1v) is 9.26. The molecule has 5 heteroatoms. The van der Waals surface area contributed by atoms with Crippen molar-refractivity contribution in [3.8, 4) is 0 Å². The lowest BCUT2D eigenvalue weighted by Gasteiger charge is -2.29. The van der Waals surface area contributed by atoms with Crippen molar-refractivity contribution in [3.05, 3.63) is 65.5 Å². The van der Waals surface area contributed by atoms with E-state index in [0.717, 1.165) is 18.4 Å². The van der Waals surface area contributed by atoms with Gasteiger partial charge in [-0.25, -0.2) is 4.39 Å². The minimum Gasteiger partial charge on any atom is -0.452 e. The van der Waals surface area contributed by atoms with Gasteiger partial charge in [0.25, 0.3) is 5.91 Å². The zero-order chi connectivity index (χ0) is 19.4. The van der Waals surface area contributed by atoms with Crippen molar-refractivity contribution in [2.45, 2.75) is 51.0 Å². The van der Waals surface area contributed by atoms with Gasteiger partial charge in [-0.1, -0.05) is 43.2 Å². The first-order valence-electron chi connectivity index (χ1n) is 9.26. The van der Waals surface area contributed by atoms with E-state index in [1.807, 2.05) is 25.1 Å². The first kappa shape index (κ1) is 19.1. The standard InChI is InChI=1S/C22H24FNO3/c1-15-8-7-9-17(14-15)24-20(25)16(2)27-21(26)22(12-5-6-13-22)18-10-3-4-11-19(18)23/h3-4,7-11,14,16H,5-6,12-13H2,1-2H3,(H,24,25). The van der Waals surface area contributed by atoms with Crippen LogP contribution in [0.15, 0.2) is 48.5 Å². The van der Waals surface area contributed by atoms with E-state index in [4.69, 9.17) is 4.74 Å². The number of hydrogen-bond donors (Lipinski definition) is 1. The van der Waals surface area contributed by atoms with Gasteiger partial charge in [0.1, 0.15) is 5.82 Å². The number of esters is 1. The van der Waals surface area contributed by atoms with Gasteiger partial charge in [-0.05, 0) is 50.5 Å². The molecule has 0 spiro atoms. The normalized spacial score (nSPS) is 16.6. The van der Waals surface area contributed by atoms with Crippen LogP contribution in [0.5, 0.6) is 0 Å². The Bertz CT molecular complexity index is 843. The van der Waals surface area contributed by atoms with Gasteiger partial charge in [0, 0.05) is 11.3 Å². The molecule has 0 saturated heterocycles. The highest BCUT2D eigenvalue weighted by Crippen LogP contribution is 2.43. The zero-order valence-electron chi connectivity index (χ0n) is 15.6. The lowest BCUT2D eigenvalue weighted by Crippen LogP contribution is -2.40. The highest BCUT2D eigenvalue weighted by molar-refractivity contribution is 5.96. The fourth-order valence-electron chi connectivity index (χ4n) is 3.70. The van der Waals surface area contributed by atoms with Crippen LogP contribution in [0.3, 0.4) is 0 Å². The van der Waals surface area contributed by atoms with Gasteiger partial charge < -0.3 is 10.1 Å². The predicted molar refractivity (Wildman–Crippen MR) is 102 cm³/mol. The number of carbonyl (C=O) groups is 2. The third kappa shape index (κ3) is 4.02. The van der Waals surface area contributed by atoms with E-state index >= 15 is 0 Å². The average molecular weight is 369 g/mol. The summed E-state index contributed by atoms with van der Waals surface area (Å²) in [6, 6.07) is 13.7. The summed E-state index contributed by atoms with van der Waals surface area (Å²) < 4.78 is 19.9. The van der Waals surface area contributed by atoms with E-state index in [1.54, 1.807) is 24.3 Å². The minimum atomic E-state index is -1.01. The number of ether oxygens (including phenoxy) is 1. The van der Waals surface area contributed by atoms with Crippen LogP contribution in [0, 0.1) is 12.7 Å². The summed E-state index contributed by atoms with van der Waals surface area (Å²) in [7, 11) is 0. The summed E-state index contributed by atoms with van der Waals surface area (Å²) in [5, 5.41) is 2.75. The number of carbonyl (C=O) groups excluding carboxylic acids is 2.